The number of aromatic amines is 1. The quantitative estimate of drug-likeness (QED) is 0.673. The van der Waals surface area contributed by atoms with Crippen molar-refractivity contribution >= 4 is 44.5 Å². The summed E-state index contributed by atoms with van der Waals surface area (Å²) in [5.41, 5.74) is 8.30. The summed E-state index contributed by atoms with van der Waals surface area (Å²) in [5, 5.41) is 0. The third-order valence-electron chi connectivity index (χ3n) is 3.91. The summed E-state index contributed by atoms with van der Waals surface area (Å²) >= 11 is 3.22. The topological polar surface area (TPSA) is 87.4 Å². The molecular weight excluding hydrogens is 389 g/mol. The number of hydrogen-bond donors (Lipinski definition) is 2. The number of carbonyl (C=O) groups is 1. The number of hydrogen-bond acceptors (Lipinski definition) is 3. The Morgan fingerprint density at radius 1 is 1.24 bits per heavy atom. The number of fused-ring (bicyclic) bond motifs is 1. The normalized spacial score (nSPS) is 16.9. The molecule has 3 aromatic rings. The van der Waals surface area contributed by atoms with Crippen molar-refractivity contribution in [3.8, 4) is 0 Å². The minimum absolute atomic E-state index is 0. The third-order valence-corrected chi connectivity index (χ3v) is 4.40. The smallest absolute Gasteiger partial charge is 0.350 e. The lowest BCUT2D eigenvalue weighted by atomic mass is 10.0. The summed E-state index contributed by atoms with van der Waals surface area (Å²) in [4.78, 5) is 24.6. The number of benzene rings is 2. The highest BCUT2D eigenvalue weighted by atomic mass is 79.9. The molecule has 2 amide bonds. The van der Waals surface area contributed by atoms with Crippen LogP contribution in [0.25, 0.3) is 11.0 Å². The van der Waals surface area contributed by atoms with E-state index in [4.69, 9.17) is 5.73 Å². The van der Waals surface area contributed by atoms with Crippen molar-refractivity contribution in [2.45, 2.75) is 13.5 Å². The second-order valence-corrected chi connectivity index (χ2v) is 6.28. The van der Waals surface area contributed by atoms with Crippen LogP contribution < -0.4 is 10.6 Å². The molecule has 0 saturated carbocycles. The van der Waals surface area contributed by atoms with Gasteiger partial charge in [0.15, 0.2) is 0 Å². The minimum Gasteiger partial charge on any atom is -0.385 e. The van der Waals surface area contributed by atoms with E-state index < -0.39 is 17.9 Å². The SMILES string of the molecule is C.NC1=NC(=O)N(c2ccc3nc[nH]c3c2)C1c1ccc(Br)cc1F. The maximum absolute atomic E-state index is 14.4. The van der Waals surface area contributed by atoms with E-state index >= 15 is 0 Å². The Bertz CT molecular complexity index is 1000. The van der Waals surface area contributed by atoms with E-state index in [0.29, 0.717) is 10.2 Å². The second-order valence-electron chi connectivity index (χ2n) is 5.36. The first-order valence-corrected chi connectivity index (χ1v) is 7.89. The molecule has 2 aromatic carbocycles. The van der Waals surface area contributed by atoms with Crippen LogP contribution in [0, 0.1) is 5.82 Å². The van der Waals surface area contributed by atoms with Crippen LogP contribution in [0.1, 0.15) is 19.0 Å². The Labute approximate surface area is 151 Å². The van der Waals surface area contributed by atoms with Crippen LogP contribution >= 0.6 is 15.9 Å². The highest BCUT2D eigenvalue weighted by Crippen LogP contribution is 2.35. The van der Waals surface area contributed by atoms with Gasteiger partial charge in [-0.1, -0.05) is 29.4 Å². The number of nitrogens with one attached hydrogen (secondary N) is 1. The summed E-state index contributed by atoms with van der Waals surface area (Å²) in [5.74, 6) is -0.402. The Kier molecular flexibility index (Phi) is 4.30. The molecule has 3 N–H and O–H groups in total. The van der Waals surface area contributed by atoms with Crippen LogP contribution in [0.4, 0.5) is 14.9 Å². The van der Waals surface area contributed by atoms with Crippen LogP contribution in [0.3, 0.4) is 0 Å². The van der Waals surface area contributed by atoms with E-state index in [9.17, 15) is 9.18 Å². The molecule has 2 heterocycles. The van der Waals surface area contributed by atoms with E-state index in [0.717, 1.165) is 11.0 Å². The maximum atomic E-state index is 14.4. The zero-order chi connectivity index (χ0) is 16.8. The standard InChI is InChI=1S/C16H11BrFN5O.CH4/c17-8-1-3-10(11(18)5-8)14-15(19)22-16(24)23(14)9-2-4-12-13(6-9)21-7-20-12;/h1-7,14H,(H,20,21)(H2,19,22,24);1H4. The lowest BCUT2D eigenvalue weighted by molar-refractivity contribution is 0.255. The van der Waals surface area contributed by atoms with Gasteiger partial charge in [0.05, 0.1) is 17.4 Å². The molecule has 1 aliphatic heterocycles. The average molecular weight is 404 g/mol. The molecule has 0 bridgehead atoms. The number of aromatic nitrogens is 2. The molecule has 8 heteroatoms. The van der Waals surface area contributed by atoms with Crippen LogP contribution in [-0.2, 0) is 0 Å². The molecule has 1 atom stereocenters. The molecule has 0 radical (unpaired) electrons. The van der Waals surface area contributed by atoms with Crippen molar-refractivity contribution in [1.82, 2.24) is 9.97 Å². The van der Waals surface area contributed by atoms with Gasteiger partial charge in [-0.05, 0) is 30.3 Å². The molecule has 1 aliphatic rings. The number of nitrogens with two attached hydrogens (primary N) is 1. The van der Waals surface area contributed by atoms with Gasteiger partial charge in [-0.2, -0.15) is 4.99 Å². The van der Waals surface area contributed by atoms with E-state index in [1.807, 2.05) is 0 Å². The van der Waals surface area contributed by atoms with Gasteiger partial charge in [0.2, 0.25) is 0 Å². The summed E-state index contributed by atoms with van der Waals surface area (Å²) < 4.78 is 15.0. The molecule has 0 fully saturated rings. The number of halogens is 2. The first kappa shape index (κ1) is 17.1. The van der Waals surface area contributed by atoms with E-state index in [2.05, 4.69) is 30.9 Å². The van der Waals surface area contributed by atoms with Crippen LogP contribution in [0.2, 0.25) is 0 Å². The van der Waals surface area contributed by atoms with Gasteiger partial charge in [-0.3, -0.25) is 4.90 Å². The highest BCUT2D eigenvalue weighted by molar-refractivity contribution is 9.10. The molecule has 0 aliphatic carbocycles. The average Bonchev–Trinajstić information content (AvgIpc) is 3.10. The summed E-state index contributed by atoms with van der Waals surface area (Å²) in [7, 11) is 0. The van der Waals surface area contributed by atoms with Gasteiger partial charge in [0.1, 0.15) is 17.7 Å². The largest absolute Gasteiger partial charge is 0.385 e. The summed E-state index contributed by atoms with van der Waals surface area (Å²) in [6.07, 6.45) is 1.57. The fraction of sp³-hybridized carbons (Fsp3) is 0.118. The van der Waals surface area contributed by atoms with E-state index in [1.54, 1.807) is 36.7 Å². The lowest BCUT2D eigenvalue weighted by Gasteiger charge is -2.25. The number of rotatable bonds is 2. The number of amides is 2. The predicted molar refractivity (Wildman–Crippen MR) is 99.2 cm³/mol. The number of carbonyl (C=O) groups excluding carboxylic acids is 1. The number of imidazole rings is 1. The Hall–Kier alpha value is -2.74. The number of aliphatic imine (C=N–C) groups is 1. The maximum Gasteiger partial charge on any atom is 0.350 e. The Morgan fingerprint density at radius 2 is 2.04 bits per heavy atom. The van der Waals surface area contributed by atoms with Crippen molar-refractivity contribution in [2.24, 2.45) is 10.7 Å². The Balaban J connectivity index is 0.00000182. The van der Waals surface area contributed by atoms with Crippen molar-refractivity contribution < 1.29 is 9.18 Å². The third kappa shape index (κ3) is 2.78. The van der Waals surface area contributed by atoms with E-state index in [1.165, 1.54) is 11.0 Å². The number of amidine groups is 1. The fourth-order valence-corrected chi connectivity index (χ4v) is 3.16. The number of H-pyrrole nitrogens is 1. The first-order chi connectivity index (χ1) is 11.5. The Morgan fingerprint density at radius 3 is 2.80 bits per heavy atom. The van der Waals surface area contributed by atoms with Crippen molar-refractivity contribution in [1.29, 1.82) is 0 Å². The monoisotopic (exact) mass is 403 g/mol. The molecule has 0 saturated heterocycles. The molecular formula is C17H15BrFN5O. The van der Waals surface area contributed by atoms with Gasteiger partial charge < -0.3 is 10.7 Å². The molecule has 1 aromatic heterocycles. The van der Waals surface area contributed by atoms with Crippen LogP contribution in [0.15, 0.2) is 52.2 Å². The second kappa shape index (κ2) is 6.29. The molecule has 4 rings (SSSR count). The molecule has 128 valence electrons. The molecule has 0 spiro atoms. The van der Waals surface area contributed by atoms with Gasteiger partial charge in [-0.15, -0.1) is 0 Å². The minimum atomic E-state index is -0.786. The summed E-state index contributed by atoms with van der Waals surface area (Å²) in [6.45, 7) is 0. The van der Waals surface area contributed by atoms with Gasteiger partial charge in [0.25, 0.3) is 0 Å². The number of nitrogens with zero attached hydrogens (tertiary/aromatic N) is 3. The molecule has 1 unspecified atom stereocenters. The number of anilines is 1. The highest BCUT2D eigenvalue weighted by Gasteiger charge is 2.37. The lowest BCUT2D eigenvalue weighted by Crippen LogP contribution is -2.34. The van der Waals surface area contributed by atoms with E-state index in [-0.39, 0.29) is 18.8 Å². The van der Waals surface area contributed by atoms with Gasteiger partial charge in [0, 0.05) is 15.7 Å². The van der Waals surface area contributed by atoms with Crippen LogP contribution in [0.5, 0.6) is 0 Å². The van der Waals surface area contributed by atoms with Crippen LogP contribution in [-0.4, -0.2) is 21.8 Å². The fourth-order valence-electron chi connectivity index (χ4n) is 2.82. The van der Waals surface area contributed by atoms with Crippen molar-refractivity contribution in [3.63, 3.8) is 0 Å². The van der Waals surface area contributed by atoms with Gasteiger partial charge >= 0.3 is 6.03 Å². The zero-order valence-electron chi connectivity index (χ0n) is 12.2. The van der Waals surface area contributed by atoms with Crippen molar-refractivity contribution in [2.75, 3.05) is 4.90 Å². The molecule has 6 nitrogen and oxygen atoms in total. The number of urea groups is 1. The molecule has 25 heavy (non-hydrogen) atoms. The predicted octanol–water partition coefficient (Wildman–Crippen LogP) is 4.14. The summed E-state index contributed by atoms with van der Waals surface area (Å²) in [6, 6.07) is 8.58. The van der Waals surface area contributed by atoms with Gasteiger partial charge in [-0.25, -0.2) is 14.2 Å². The van der Waals surface area contributed by atoms with Crippen molar-refractivity contribution in [3.05, 3.63) is 58.6 Å². The zero-order valence-corrected chi connectivity index (χ0v) is 13.8. The first-order valence-electron chi connectivity index (χ1n) is 7.10.